The first kappa shape index (κ1) is 70.0. The zero-order valence-electron chi connectivity index (χ0n) is 50.1. The van der Waals surface area contributed by atoms with Gasteiger partial charge in [-0.05, 0) is 176 Å². The Bertz CT molecular complexity index is 1790. The molecule has 0 aliphatic heterocycles. The molecule has 0 spiro atoms. The van der Waals surface area contributed by atoms with Crippen molar-refractivity contribution >= 4 is 99.4 Å². The van der Waals surface area contributed by atoms with E-state index in [2.05, 4.69) is 41.5 Å². The minimum atomic E-state index is -1.43. The average Bonchev–Trinajstić information content (AvgIpc) is 3.47. The lowest BCUT2D eigenvalue weighted by atomic mass is 9.94. The lowest BCUT2D eigenvalue weighted by Crippen LogP contribution is -2.17. The smallest absolute Gasteiger partial charge is 0.208 e. The lowest BCUT2D eigenvalue weighted by Gasteiger charge is -2.22. The van der Waals surface area contributed by atoms with Gasteiger partial charge in [-0.15, -0.1) is 0 Å². The normalized spacial score (nSPS) is 14.5. The van der Waals surface area contributed by atoms with Gasteiger partial charge in [0.25, 0.3) is 0 Å². The molecule has 0 radical (unpaired) electrons. The topological polar surface area (TPSA) is 138 Å². The molecule has 0 aliphatic rings. The lowest BCUT2D eigenvalue weighted by molar-refractivity contribution is 0.572. The zero-order chi connectivity index (χ0) is 56.3. The van der Waals surface area contributed by atoms with Crippen molar-refractivity contribution in [2.75, 3.05) is 34.5 Å². The molecule has 0 bridgehead atoms. The number of hydrogen-bond acceptors (Lipinski definition) is 6. The van der Waals surface area contributed by atoms with Crippen molar-refractivity contribution in [2.24, 2.45) is 0 Å². The van der Waals surface area contributed by atoms with Crippen molar-refractivity contribution < 1.29 is 27.3 Å². The Morgan fingerprint density at radius 1 is 0.192 bits per heavy atom. The molecule has 6 unspecified atom stereocenters. The summed E-state index contributed by atoms with van der Waals surface area (Å²) in [6.07, 6.45) is 38.7. The minimum absolute atomic E-state index is 0.481. The van der Waals surface area contributed by atoms with E-state index in [1.165, 1.54) is 116 Å². The number of fused-ring (bicyclic) bond motifs is 6. The summed E-state index contributed by atoms with van der Waals surface area (Å²) in [5.41, 5.74) is 0. The van der Waals surface area contributed by atoms with Gasteiger partial charge in [-0.2, -0.15) is 0 Å². The molecule has 0 fully saturated rings. The first-order valence-electron chi connectivity index (χ1n) is 31.9. The van der Waals surface area contributed by atoms with Crippen LogP contribution in [0.4, 0.5) is 0 Å². The molecular formula is C66H108O6S6. The van der Waals surface area contributed by atoms with Gasteiger partial charge in [0.05, 0.1) is 0 Å². The molecule has 444 valence electrons. The molecule has 4 aromatic carbocycles. The maximum Gasteiger partial charge on any atom is 0.208 e. The highest BCUT2D eigenvalue weighted by Crippen LogP contribution is 2.44. The van der Waals surface area contributed by atoms with Crippen LogP contribution in [0.3, 0.4) is 0 Å². The third-order valence-electron chi connectivity index (χ3n) is 15.7. The molecule has 0 aromatic heterocycles. The van der Waals surface area contributed by atoms with Gasteiger partial charge in [0, 0.05) is 36.4 Å². The van der Waals surface area contributed by atoms with E-state index in [4.69, 9.17) is 0 Å². The maximum absolute atomic E-state index is 14.9. The number of hydrogen-bond donors (Lipinski definition) is 0. The van der Waals surface area contributed by atoms with Crippen LogP contribution in [0.25, 0.3) is 32.3 Å². The summed E-state index contributed by atoms with van der Waals surface area (Å²) in [6.45, 7) is 13.3. The van der Waals surface area contributed by atoms with Gasteiger partial charge in [0.15, 0.2) is 0 Å². The summed E-state index contributed by atoms with van der Waals surface area (Å²) >= 11 is -8.61. The first-order valence-corrected chi connectivity index (χ1v) is 39.8. The van der Waals surface area contributed by atoms with Gasteiger partial charge in [0.2, 0.25) is 29.4 Å². The molecule has 0 heterocycles. The summed E-state index contributed by atoms with van der Waals surface area (Å²) in [5, 5.41) is 4.94. The van der Waals surface area contributed by atoms with Gasteiger partial charge < -0.3 is 27.3 Å². The second kappa shape index (κ2) is 42.3. The van der Waals surface area contributed by atoms with Crippen LogP contribution in [0, 0.1) is 0 Å². The van der Waals surface area contributed by atoms with Crippen LogP contribution in [0.5, 0.6) is 0 Å². The largest absolute Gasteiger partial charge is 0.611 e. The molecule has 12 heteroatoms. The van der Waals surface area contributed by atoms with Gasteiger partial charge in [-0.25, -0.2) is 0 Å². The monoisotopic (exact) mass is 1190 g/mol. The van der Waals surface area contributed by atoms with Crippen LogP contribution in [0.15, 0.2) is 65.8 Å². The fraction of sp³-hybridized carbons (Fsp3) is 0.727. The third kappa shape index (κ3) is 24.2. The summed E-state index contributed by atoms with van der Waals surface area (Å²) in [4.78, 5) is 3.64. The van der Waals surface area contributed by atoms with E-state index in [1.807, 2.05) is 36.4 Å². The van der Waals surface area contributed by atoms with E-state index in [0.29, 0.717) is 63.9 Å². The predicted molar refractivity (Wildman–Crippen MR) is 347 cm³/mol. The van der Waals surface area contributed by atoms with E-state index in [-0.39, 0.29) is 0 Å². The van der Waals surface area contributed by atoms with Gasteiger partial charge in [-0.3, -0.25) is 0 Å². The highest BCUT2D eigenvalue weighted by molar-refractivity contribution is 7.95. The molecule has 0 saturated heterocycles. The van der Waals surface area contributed by atoms with Gasteiger partial charge in [0.1, 0.15) is 34.5 Å². The quantitative estimate of drug-likeness (QED) is 0.0245. The Kier molecular flexibility index (Phi) is 38.0. The number of rotatable bonds is 48. The summed E-state index contributed by atoms with van der Waals surface area (Å²) in [6, 6.07) is 12.2. The SMILES string of the molecule is CCCCCCCC[S+]([O-])c1cc2c3cc([S+]([O-])CCCCCCCC)c([S+]([O-])CCCCCCCC)cc3c3cc([S+]([O-])CCCCCCCC)c([S+]([O-])CCCCCCCC)cc3c2cc1[S+]([O-])CCCCCCCC. The fourth-order valence-corrected chi connectivity index (χ4v) is 19.8. The molecule has 78 heavy (non-hydrogen) atoms. The van der Waals surface area contributed by atoms with E-state index in [0.717, 1.165) is 148 Å². The molecule has 0 amide bonds. The van der Waals surface area contributed by atoms with Crippen molar-refractivity contribution in [3.05, 3.63) is 36.4 Å². The van der Waals surface area contributed by atoms with Gasteiger partial charge in [-0.1, -0.05) is 196 Å². The van der Waals surface area contributed by atoms with Crippen LogP contribution < -0.4 is 0 Å². The molecule has 6 atom stereocenters. The molecule has 0 aliphatic carbocycles. The van der Waals surface area contributed by atoms with Crippen LogP contribution in [-0.2, 0) is 67.1 Å². The first-order chi connectivity index (χ1) is 38.1. The van der Waals surface area contributed by atoms with Crippen molar-refractivity contribution in [1.82, 2.24) is 0 Å². The molecule has 0 saturated carbocycles. The second-order valence-electron chi connectivity index (χ2n) is 22.4. The van der Waals surface area contributed by atoms with E-state index in [9.17, 15) is 27.3 Å². The molecule has 4 aromatic rings. The molecule has 4 rings (SSSR count). The van der Waals surface area contributed by atoms with E-state index < -0.39 is 67.1 Å². The van der Waals surface area contributed by atoms with Crippen molar-refractivity contribution in [2.45, 2.75) is 302 Å². The standard InChI is InChI=1S/C66H108O6S6/c1-7-13-19-25-31-37-43-73(67)61-49-55-56(50-62(61)74(68)44-38-32-26-20-14-8-2)58-52-64(76(70)46-40-34-28-22-16-10-4)66(78(72)48-42-36-30-24-18-12-6)54-60(58)59-53-65(77(71)47-41-35-29-23-17-11-5)63(51-57(55)59)75(69)45-39-33-27-21-15-9-3/h49-54H,7-48H2,1-6H3. The van der Waals surface area contributed by atoms with Crippen molar-refractivity contribution in [3.63, 3.8) is 0 Å². The molecular weight excluding hydrogens is 1080 g/mol. The van der Waals surface area contributed by atoms with Crippen LogP contribution in [0.1, 0.15) is 273 Å². The molecule has 6 nitrogen and oxygen atoms in total. The highest BCUT2D eigenvalue weighted by Gasteiger charge is 2.33. The number of benzene rings is 4. The summed E-state index contributed by atoms with van der Waals surface area (Å²) in [5.74, 6) is 2.89. The predicted octanol–water partition coefficient (Wildman–Crippen LogP) is 20.0. The third-order valence-corrected chi connectivity index (χ3v) is 25.0. The minimum Gasteiger partial charge on any atom is -0.611 e. The average molecular weight is 1190 g/mol. The van der Waals surface area contributed by atoms with Crippen molar-refractivity contribution in [3.8, 4) is 0 Å². The summed E-state index contributed by atoms with van der Waals surface area (Å²) in [7, 11) is 0. The van der Waals surface area contributed by atoms with Crippen LogP contribution in [-0.4, -0.2) is 61.8 Å². The van der Waals surface area contributed by atoms with Crippen LogP contribution in [0.2, 0.25) is 0 Å². The highest BCUT2D eigenvalue weighted by atomic mass is 32.2. The van der Waals surface area contributed by atoms with Gasteiger partial charge >= 0.3 is 0 Å². The Morgan fingerprint density at radius 2 is 0.308 bits per heavy atom. The summed E-state index contributed by atoms with van der Waals surface area (Å²) < 4.78 is 89.3. The number of unbranched alkanes of at least 4 members (excludes halogenated alkanes) is 30. The van der Waals surface area contributed by atoms with Crippen molar-refractivity contribution in [1.29, 1.82) is 0 Å². The van der Waals surface area contributed by atoms with Crippen LogP contribution >= 0.6 is 0 Å². The Labute approximate surface area is 496 Å². The molecule has 0 N–H and O–H groups in total. The van der Waals surface area contributed by atoms with E-state index in [1.54, 1.807) is 0 Å². The zero-order valence-corrected chi connectivity index (χ0v) is 55.0. The Hall–Kier alpha value is -0.480. The fourth-order valence-electron chi connectivity index (χ4n) is 10.8. The Balaban J connectivity index is 2.06. The van der Waals surface area contributed by atoms with E-state index >= 15 is 0 Å². The second-order valence-corrected chi connectivity index (χ2v) is 31.7. The Morgan fingerprint density at radius 3 is 0.436 bits per heavy atom. The maximum atomic E-state index is 14.9.